The number of likely N-dealkylation sites (N-methyl/N-ethyl adjacent to an activating group) is 1. The molecule has 0 saturated carbocycles. The molecule has 2 atom stereocenters. The molecule has 1 aromatic carbocycles. The molecule has 1 amide bonds. The van der Waals surface area contributed by atoms with Crippen molar-refractivity contribution in [1.82, 2.24) is 4.90 Å². The average Bonchev–Trinajstić information content (AvgIpc) is 2.39. The van der Waals surface area contributed by atoms with Crippen molar-refractivity contribution in [3.63, 3.8) is 0 Å². The molecular weight excluding hydrogens is 212 g/mol. The van der Waals surface area contributed by atoms with Gasteiger partial charge in [0.25, 0.3) is 0 Å². The van der Waals surface area contributed by atoms with Gasteiger partial charge in [-0.3, -0.25) is 9.69 Å². The number of hydrogen-bond acceptors (Lipinski definition) is 2. The Morgan fingerprint density at radius 1 is 1.41 bits per heavy atom. The third kappa shape index (κ3) is 2.67. The van der Waals surface area contributed by atoms with Gasteiger partial charge in [0.1, 0.15) is 0 Å². The number of benzene rings is 1. The predicted molar refractivity (Wildman–Crippen MR) is 68.6 cm³/mol. The van der Waals surface area contributed by atoms with Crippen LogP contribution in [0.3, 0.4) is 0 Å². The van der Waals surface area contributed by atoms with E-state index >= 15 is 0 Å². The number of primary amides is 1. The largest absolute Gasteiger partial charge is 0.368 e. The summed E-state index contributed by atoms with van der Waals surface area (Å²) >= 11 is 0. The Morgan fingerprint density at radius 3 is 2.71 bits per heavy atom. The molecule has 1 fully saturated rings. The minimum absolute atomic E-state index is 0.0982. The van der Waals surface area contributed by atoms with Crippen LogP contribution in [0, 0.1) is 0 Å². The number of likely N-dealkylation sites (tertiary alicyclic amines) is 1. The second-order valence-corrected chi connectivity index (χ2v) is 4.68. The highest BCUT2D eigenvalue weighted by molar-refractivity contribution is 5.80. The Hall–Kier alpha value is -1.35. The summed E-state index contributed by atoms with van der Waals surface area (Å²) in [5.41, 5.74) is 6.82. The summed E-state index contributed by atoms with van der Waals surface area (Å²) in [6, 6.07) is 10.3. The van der Waals surface area contributed by atoms with Crippen LogP contribution in [0.15, 0.2) is 30.3 Å². The Bertz CT molecular complexity index is 377. The number of carbonyl (C=O) groups excluding carboxylic acids is 1. The topological polar surface area (TPSA) is 46.3 Å². The lowest BCUT2D eigenvalue weighted by atomic mass is 9.85. The van der Waals surface area contributed by atoms with Crippen molar-refractivity contribution < 1.29 is 4.79 Å². The summed E-state index contributed by atoms with van der Waals surface area (Å²) in [6.45, 7) is 3.94. The zero-order valence-corrected chi connectivity index (χ0v) is 10.3. The highest BCUT2D eigenvalue weighted by atomic mass is 16.1. The summed E-state index contributed by atoms with van der Waals surface area (Å²) < 4.78 is 0. The van der Waals surface area contributed by atoms with Gasteiger partial charge in [0, 0.05) is 0 Å². The van der Waals surface area contributed by atoms with Gasteiger partial charge in [-0.15, -0.1) is 0 Å². The van der Waals surface area contributed by atoms with E-state index in [0.717, 1.165) is 25.9 Å². The Morgan fingerprint density at radius 2 is 2.12 bits per heavy atom. The molecule has 2 unspecified atom stereocenters. The summed E-state index contributed by atoms with van der Waals surface area (Å²) in [7, 11) is 0. The van der Waals surface area contributed by atoms with E-state index in [1.165, 1.54) is 5.56 Å². The summed E-state index contributed by atoms with van der Waals surface area (Å²) in [6.07, 6.45) is 1.97. The summed E-state index contributed by atoms with van der Waals surface area (Å²) in [5.74, 6) is 0.281. The van der Waals surface area contributed by atoms with Gasteiger partial charge in [-0.1, -0.05) is 37.3 Å². The zero-order chi connectivity index (χ0) is 12.3. The smallest absolute Gasteiger partial charge is 0.234 e. The van der Waals surface area contributed by atoms with Crippen molar-refractivity contribution in [3.8, 4) is 0 Å². The highest BCUT2D eigenvalue weighted by Crippen LogP contribution is 2.31. The summed E-state index contributed by atoms with van der Waals surface area (Å²) in [5, 5.41) is 0. The minimum Gasteiger partial charge on any atom is -0.368 e. The van der Waals surface area contributed by atoms with Crippen molar-refractivity contribution in [2.75, 3.05) is 13.1 Å². The monoisotopic (exact) mass is 232 g/mol. The molecule has 3 nitrogen and oxygen atoms in total. The second-order valence-electron chi connectivity index (χ2n) is 4.68. The first-order valence-corrected chi connectivity index (χ1v) is 6.30. The number of piperidine rings is 1. The first kappa shape index (κ1) is 12.1. The molecule has 0 aliphatic carbocycles. The number of nitrogens with two attached hydrogens (primary N) is 1. The van der Waals surface area contributed by atoms with Crippen molar-refractivity contribution in [3.05, 3.63) is 35.9 Å². The van der Waals surface area contributed by atoms with Crippen molar-refractivity contribution in [2.45, 2.75) is 31.7 Å². The third-order valence-electron chi connectivity index (χ3n) is 3.72. The number of amides is 1. The van der Waals surface area contributed by atoms with Crippen LogP contribution in [0.1, 0.15) is 31.2 Å². The molecule has 2 N–H and O–H groups in total. The molecule has 0 aromatic heterocycles. The zero-order valence-electron chi connectivity index (χ0n) is 10.3. The molecule has 17 heavy (non-hydrogen) atoms. The van der Waals surface area contributed by atoms with E-state index in [4.69, 9.17) is 5.73 Å². The van der Waals surface area contributed by atoms with Gasteiger partial charge in [0.05, 0.1) is 6.04 Å². The number of hydrogen-bond donors (Lipinski definition) is 1. The fraction of sp³-hybridized carbons (Fsp3) is 0.500. The SMILES string of the molecule is CCN1CCC(c2ccccc2)CC1C(N)=O. The molecule has 0 spiro atoms. The van der Waals surface area contributed by atoms with Crippen LogP contribution in [-0.2, 0) is 4.79 Å². The summed E-state index contributed by atoms with van der Waals surface area (Å²) in [4.78, 5) is 13.7. The van der Waals surface area contributed by atoms with Crippen molar-refractivity contribution in [1.29, 1.82) is 0 Å². The van der Waals surface area contributed by atoms with Gasteiger partial charge in [0.15, 0.2) is 0 Å². The van der Waals surface area contributed by atoms with Crippen LogP contribution in [0.25, 0.3) is 0 Å². The van der Waals surface area contributed by atoms with E-state index in [1.54, 1.807) is 0 Å². The number of nitrogens with zero attached hydrogens (tertiary/aromatic N) is 1. The molecule has 3 heteroatoms. The molecule has 1 saturated heterocycles. The van der Waals surface area contributed by atoms with Gasteiger partial charge >= 0.3 is 0 Å². The van der Waals surface area contributed by atoms with E-state index in [1.807, 2.05) is 6.07 Å². The average molecular weight is 232 g/mol. The van der Waals surface area contributed by atoms with Crippen LogP contribution in [0.2, 0.25) is 0 Å². The van der Waals surface area contributed by atoms with E-state index in [2.05, 4.69) is 36.1 Å². The van der Waals surface area contributed by atoms with Crippen LogP contribution in [0.4, 0.5) is 0 Å². The lowest BCUT2D eigenvalue weighted by Gasteiger charge is -2.37. The van der Waals surface area contributed by atoms with Gasteiger partial charge in [-0.2, -0.15) is 0 Å². The molecule has 1 aliphatic heterocycles. The molecule has 2 rings (SSSR count). The Kier molecular flexibility index (Phi) is 3.79. The van der Waals surface area contributed by atoms with Crippen LogP contribution in [0.5, 0.6) is 0 Å². The standard InChI is InChI=1S/C14H20N2O/c1-2-16-9-8-12(10-13(16)14(15)17)11-6-4-3-5-7-11/h3-7,12-13H,2,8-10H2,1H3,(H2,15,17). The molecule has 92 valence electrons. The normalized spacial score (nSPS) is 25.7. The van der Waals surface area contributed by atoms with E-state index in [-0.39, 0.29) is 11.9 Å². The quantitative estimate of drug-likeness (QED) is 0.863. The first-order valence-electron chi connectivity index (χ1n) is 6.30. The highest BCUT2D eigenvalue weighted by Gasteiger charge is 2.31. The molecule has 0 radical (unpaired) electrons. The minimum atomic E-state index is -0.188. The molecule has 1 aromatic rings. The van der Waals surface area contributed by atoms with Gasteiger partial charge in [-0.05, 0) is 37.4 Å². The number of carbonyl (C=O) groups is 1. The molecule has 1 aliphatic rings. The fourth-order valence-corrected chi connectivity index (χ4v) is 2.72. The molecule has 1 heterocycles. The third-order valence-corrected chi connectivity index (χ3v) is 3.72. The number of rotatable bonds is 3. The van der Waals surface area contributed by atoms with Gasteiger partial charge in [-0.25, -0.2) is 0 Å². The second kappa shape index (κ2) is 5.32. The maximum absolute atomic E-state index is 11.5. The fourth-order valence-electron chi connectivity index (χ4n) is 2.72. The van der Waals surface area contributed by atoms with E-state index in [9.17, 15) is 4.79 Å². The van der Waals surface area contributed by atoms with Crippen LogP contribution < -0.4 is 5.73 Å². The Balaban J connectivity index is 2.11. The lowest BCUT2D eigenvalue weighted by Crippen LogP contribution is -2.49. The van der Waals surface area contributed by atoms with Crippen LogP contribution in [-0.4, -0.2) is 29.9 Å². The first-order chi connectivity index (χ1) is 8.22. The van der Waals surface area contributed by atoms with E-state index < -0.39 is 0 Å². The van der Waals surface area contributed by atoms with Crippen LogP contribution >= 0.6 is 0 Å². The van der Waals surface area contributed by atoms with E-state index in [0.29, 0.717) is 5.92 Å². The van der Waals surface area contributed by atoms with Crippen molar-refractivity contribution in [2.24, 2.45) is 5.73 Å². The van der Waals surface area contributed by atoms with Crippen molar-refractivity contribution >= 4 is 5.91 Å². The predicted octanol–water partition coefficient (Wildman–Crippen LogP) is 1.74. The maximum Gasteiger partial charge on any atom is 0.234 e. The molecular formula is C14H20N2O. The Labute approximate surface area is 103 Å². The maximum atomic E-state index is 11.5. The lowest BCUT2D eigenvalue weighted by molar-refractivity contribution is -0.124. The van der Waals surface area contributed by atoms with Gasteiger partial charge in [0.2, 0.25) is 5.91 Å². The van der Waals surface area contributed by atoms with Gasteiger partial charge < -0.3 is 5.73 Å². The molecule has 0 bridgehead atoms.